The van der Waals surface area contributed by atoms with Crippen molar-refractivity contribution in [1.29, 1.82) is 5.41 Å². The molecular weight excluding hydrogens is 319 g/mol. The van der Waals surface area contributed by atoms with Crippen LogP contribution in [0.15, 0.2) is 36.4 Å². The predicted molar refractivity (Wildman–Crippen MR) is 85.9 cm³/mol. The van der Waals surface area contributed by atoms with E-state index in [9.17, 15) is 13.2 Å². The minimum absolute atomic E-state index is 0.129. The van der Waals surface area contributed by atoms with Crippen molar-refractivity contribution in [3.05, 3.63) is 58.7 Å². The largest absolute Gasteiger partial charge is 0.484 e. The molecule has 0 aliphatic rings. The van der Waals surface area contributed by atoms with E-state index in [0.717, 1.165) is 28.8 Å². The number of methoxy groups -OCH3 is 1. The van der Waals surface area contributed by atoms with Gasteiger partial charge in [0.1, 0.15) is 11.5 Å². The number of rotatable bonds is 4. The Labute approximate surface area is 138 Å². The fourth-order valence-electron chi connectivity index (χ4n) is 2.26. The molecule has 0 bridgehead atoms. The first-order valence-corrected chi connectivity index (χ1v) is 7.27. The van der Waals surface area contributed by atoms with Gasteiger partial charge in [0, 0.05) is 6.42 Å². The van der Waals surface area contributed by atoms with Crippen molar-refractivity contribution in [2.24, 2.45) is 0 Å². The molecule has 0 aromatic heterocycles. The molecule has 0 amide bonds. The molecule has 0 saturated carbocycles. The average Bonchev–Trinajstić information content (AvgIpc) is 2.51. The Balaban J connectivity index is 2.28. The van der Waals surface area contributed by atoms with E-state index in [1.54, 1.807) is 6.07 Å². The topological polar surface area (TPSA) is 42.3 Å². The van der Waals surface area contributed by atoms with Gasteiger partial charge in [0.25, 0.3) is 0 Å². The van der Waals surface area contributed by atoms with Crippen molar-refractivity contribution in [3.8, 4) is 11.5 Å². The molecule has 0 radical (unpaired) electrons. The molecule has 3 nitrogen and oxygen atoms in total. The Morgan fingerprint density at radius 3 is 2.42 bits per heavy atom. The molecule has 0 fully saturated rings. The number of benzene rings is 2. The fraction of sp³-hybridized carbons (Fsp3) is 0.278. The van der Waals surface area contributed by atoms with Crippen LogP contribution in [0.3, 0.4) is 0 Å². The lowest BCUT2D eigenvalue weighted by Crippen LogP contribution is -2.06. The van der Waals surface area contributed by atoms with Crippen molar-refractivity contribution < 1.29 is 22.6 Å². The third kappa shape index (κ3) is 4.28. The summed E-state index contributed by atoms with van der Waals surface area (Å²) in [6.07, 6.45) is -4.05. The maximum absolute atomic E-state index is 12.8. The van der Waals surface area contributed by atoms with Crippen LogP contribution in [0.25, 0.3) is 0 Å². The number of aryl methyl sites for hydroxylation is 2. The minimum atomic E-state index is -4.41. The number of halogens is 3. The molecular formula is C18H18F3NO2. The Morgan fingerprint density at radius 2 is 1.79 bits per heavy atom. The molecule has 0 atom stereocenters. The van der Waals surface area contributed by atoms with Crippen LogP contribution in [0.2, 0.25) is 0 Å². The number of hydrogen-bond donors (Lipinski definition) is 1. The van der Waals surface area contributed by atoms with Crippen LogP contribution in [0.5, 0.6) is 11.5 Å². The Bertz CT molecular complexity index is 754. The van der Waals surface area contributed by atoms with E-state index in [4.69, 9.17) is 14.9 Å². The Morgan fingerprint density at radius 1 is 1.08 bits per heavy atom. The first-order chi connectivity index (χ1) is 11.2. The van der Waals surface area contributed by atoms with E-state index in [1.165, 1.54) is 19.2 Å². The Hall–Kier alpha value is -2.50. The van der Waals surface area contributed by atoms with Crippen LogP contribution >= 0.6 is 0 Å². The van der Waals surface area contributed by atoms with Crippen molar-refractivity contribution in [2.75, 3.05) is 7.11 Å². The first kappa shape index (κ1) is 17.8. The first-order valence-electron chi connectivity index (χ1n) is 7.27. The second-order valence-corrected chi connectivity index (χ2v) is 5.48. The second kappa shape index (κ2) is 6.95. The third-order valence-corrected chi connectivity index (χ3v) is 3.62. The van der Waals surface area contributed by atoms with Crippen LogP contribution in [0.4, 0.5) is 13.2 Å². The minimum Gasteiger partial charge on any atom is -0.484 e. The molecule has 0 heterocycles. The number of alkyl halides is 3. The summed E-state index contributed by atoms with van der Waals surface area (Å²) < 4.78 is 48.8. The lowest BCUT2D eigenvalue weighted by Gasteiger charge is -2.14. The smallest absolute Gasteiger partial charge is 0.416 e. The number of hydrogen-bond acceptors (Lipinski definition) is 3. The quantitative estimate of drug-likeness (QED) is 0.609. The van der Waals surface area contributed by atoms with Gasteiger partial charge in [-0.05, 0) is 54.8 Å². The van der Waals surface area contributed by atoms with Gasteiger partial charge in [0.2, 0.25) is 0 Å². The highest BCUT2D eigenvalue weighted by Crippen LogP contribution is 2.34. The van der Waals surface area contributed by atoms with Gasteiger partial charge < -0.3 is 9.47 Å². The molecule has 0 unspecified atom stereocenters. The van der Waals surface area contributed by atoms with Gasteiger partial charge >= 0.3 is 6.18 Å². The highest BCUT2D eigenvalue weighted by Gasteiger charge is 2.30. The summed E-state index contributed by atoms with van der Waals surface area (Å²) in [7, 11) is 1.44. The standard InChI is InChI=1S/C18H18F3NO2/c1-11-8-16(12(2)7-13(11)9-17(22)23-3)24-15-6-4-5-14(10-15)18(19,20)21/h4-8,10,22H,9H2,1-3H3. The van der Waals surface area contributed by atoms with Gasteiger partial charge in [0.15, 0.2) is 5.90 Å². The summed E-state index contributed by atoms with van der Waals surface area (Å²) >= 11 is 0. The van der Waals surface area contributed by atoms with E-state index in [1.807, 2.05) is 19.9 Å². The van der Waals surface area contributed by atoms with Crippen LogP contribution in [0, 0.1) is 19.3 Å². The molecule has 0 spiro atoms. The molecule has 2 aromatic rings. The lowest BCUT2D eigenvalue weighted by atomic mass is 10.0. The molecule has 128 valence electrons. The zero-order chi connectivity index (χ0) is 17.9. The summed E-state index contributed by atoms with van der Waals surface area (Å²) in [5.41, 5.74) is 1.82. The van der Waals surface area contributed by atoms with E-state index >= 15 is 0 Å². The number of nitrogens with one attached hydrogen (secondary N) is 1. The van der Waals surface area contributed by atoms with Gasteiger partial charge in [0.05, 0.1) is 12.7 Å². The summed E-state index contributed by atoms with van der Waals surface area (Å²) in [6.45, 7) is 3.67. The van der Waals surface area contributed by atoms with Gasteiger partial charge in [-0.3, -0.25) is 5.41 Å². The maximum Gasteiger partial charge on any atom is 0.416 e. The van der Waals surface area contributed by atoms with Crippen molar-refractivity contribution in [3.63, 3.8) is 0 Å². The molecule has 2 rings (SSSR count). The third-order valence-electron chi connectivity index (χ3n) is 3.62. The normalized spacial score (nSPS) is 11.2. The molecule has 0 aliphatic carbocycles. The zero-order valence-corrected chi connectivity index (χ0v) is 13.6. The molecule has 6 heteroatoms. The van der Waals surface area contributed by atoms with Crippen LogP contribution < -0.4 is 4.74 Å². The average molecular weight is 337 g/mol. The van der Waals surface area contributed by atoms with Gasteiger partial charge in [-0.15, -0.1) is 0 Å². The van der Waals surface area contributed by atoms with Gasteiger partial charge in [-0.2, -0.15) is 13.2 Å². The Kier molecular flexibility index (Phi) is 5.17. The van der Waals surface area contributed by atoms with E-state index in [2.05, 4.69) is 0 Å². The fourth-order valence-corrected chi connectivity index (χ4v) is 2.26. The molecule has 1 N–H and O–H groups in total. The molecule has 0 aliphatic heterocycles. The molecule has 0 saturated heterocycles. The molecule has 24 heavy (non-hydrogen) atoms. The lowest BCUT2D eigenvalue weighted by molar-refractivity contribution is -0.137. The highest BCUT2D eigenvalue weighted by atomic mass is 19.4. The van der Waals surface area contributed by atoms with Crippen molar-refractivity contribution >= 4 is 5.90 Å². The zero-order valence-electron chi connectivity index (χ0n) is 13.6. The van der Waals surface area contributed by atoms with Crippen molar-refractivity contribution in [2.45, 2.75) is 26.4 Å². The summed E-state index contributed by atoms with van der Waals surface area (Å²) in [6, 6.07) is 8.39. The SMILES string of the molecule is COC(=N)Cc1cc(C)c(Oc2cccc(C(F)(F)F)c2)cc1C. The summed E-state index contributed by atoms with van der Waals surface area (Å²) in [5, 5.41) is 7.60. The molecule has 2 aromatic carbocycles. The van der Waals surface area contributed by atoms with E-state index in [0.29, 0.717) is 12.2 Å². The monoisotopic (exact) mass is 337 g/mol. The maximum atomic E-state index is 12.8. The van der Waals surface area contributed by atoms with E-state index < -0.39 is 11.7 Å². The van der Waals surface area contributed by atoms with Crippen LogP contribution in [-0.4, -0.2) is 13.0 Å². The van der Waals surface area contributed by atoms with Crippen LogP contribution in [-0.2, 0) is 17.3 Å². The second-order valence-electron chi connectivity index (χ2n) is 5.48. The van der Waals surface area contributed by atoms with Crippen LogP contribution in [0.1, 0.15) is 22.3 Å². The van der Waals surface area contributed by atoms with E-state index in [-0.39, 0.29) is 11.6 Å². The summed E-state index contributed by atoms with van der Waals surface area (Å²) in [5.74, 6) is 0.758. The summed E-state index contributed by atoms with van der Waals surface area (Å²) in [4.78, 5) is 0. The predicted octanol–water partition coefficient (Wildman–Crippen LogP) is 5.28. The van der Waals surface area contributed by atoms with Gasteiger partial charge in [-0.25, -0.2) is 0 Å². The van der Waals surface area contributed by atoms with Gasteiger partial charge in [-0.1, -0.05) is 12.1 Å². The number of ether oxygens (including phenoxy) is 2. The van der Waals surface area contributed by atoms with Crippen molar-refractivity contribution in [1.82, 2.24) is 0 Å². The highest BCUT2D eigenvalue weighted by molar-refractivity contribution is 5.76.